The van der Waals surface area contributed by atoms with E-state index in [0.29, 0.717) is 29.1 Å². The summed E-state index contributed by atoms with van der Waals surface area (Å²) in [6.45, 7) is 3.24. The van der Waals surface area contributed by atoms with Crippen LogP contribution in [0.4, 0.5) is 11.4 Å². The fraction of sp³-hybridized carbons (Fsp3) is 0.226. The molecule has 4 atom stereocenters. The third-order valence-electron chi connectivity index (χ3n) is 8.34. The van der Waals surface area contributed by atoms with Crippen LogP contribution >= 0.6 is 0 Å². The van der Waals surface area contributed by atoms with Crippen LogP contribution in [-0.2, 0) is 31.1 Å². The molecule has 1 aromatic heterocycles. The molecule has 3 N–H and O–H groups in total. The van der Waals surface area contributed by atoms with Gasteiger partial charge < -0.3 is 15.0 Å². The topological polar surface area (TPSA) is 121 Å². The van der Waals surface area contributed by atoms with Gasteiger partial charge in [0.15, 0.2) is 0 Å². The summed E-state index contributed by atoms with van der Waals surface area (Å²) in [5, 5.41) is 7.50. The molecule has 4 heterocycles. The van der Waals surface area contributed by atoms with E-state index >= 15 is 0 Å². The van der Waals surface area contributed by atoms with Crippen molar-refractivity contribution in [3.8, 4) is 5.75 Å². The standard InChI is InChI=1S/C31H26N4O5/c1-16-7-12-24-22(13-16)31(30(39)33-24)27-26(25(34-31)14-18-15-32-23-6-4-3-5-21(18)23)28(37)35(29(27)38)19-8-10-20(11-9-19)40-17(2)36/h3-13,15,25-27,32,34H,14H2,1-2H3,(H,33,39). The molecule has 9 nitrogen and oxygen atoms in total. The van der Waals surface area contributed by atoms with Crippen molar-refractivity contribution in [2.75, 3.05) is 10.2 Å². The molecule has 4 unspecified atom stereocenters. The van der Waals surface area contributed by atoms with Crippen LogP contribution in [0.15, 0.2) is 72.9 Å². The number of para-hydroxylation sites is 1. The monoisotopic (exact) mass is 534 g/mol. The predicted octanol–water partition coefficient (Wildman–Crippen LogP) is 3.57. The lowest BCUT2D eigenvalue weighted by Crippen LogP contribution is -2.53. The number of aryl methyl sites for hydroxylation is 1. The van der Waals surface area contributed by atoms with Gasteiger partial charge in [0.25, 0.3) is 0 Å². The lowest BCUT2D eigenvalue weighted by molar-refractivity contribution is -0.132. The van der Waals surface area contributed by atoms with Gasteiger partial charge in [-0.3, -0.25) is 24.5 Å². The SMILES string of the molecule is CC(=O)Oc1ccc(N2C(=O)C3C(Cc4c[nH]c5ccccc45)NC4(C(=O)Nc5ccc(C)cc54)C3C2=O)cc1. The fourth-order valence-electron chi connectivity index (χ4n) is 6.71. The molecule has 40 heavy (non-hydrogen) atoms. The van der Waals surface area contributed by atoms with Gasteiger partial charge in [-0.25, -0.2) is 4.90 Å². The maximum atomic E-state index is 14.2. The molecular weight excluding hydrogens is 508 g/mol. The molecule has 3 aliphatic heterocycles. The second-order valence-electron chi connectivity index (χ2n) is 10.7. The Bertz CT molecular complexity index is 1740. The van der Waals surface area contributed by atoms with Crippen molar-refractivity contribution in [1.82, 2.24) is 10.3 Å². The van der Waals surface area contributed by atoms with Crippen molar-refractivity contribution in [2.24, 2.45) is 11.8 Å². The summed E-state index contributed by atoms with van der Waals surface area (Å²) in [7, 11) is 0. The highest BCUT2D eigenvalue weighted by Gasteiger charge is 2.70. The summed E-state index contributed by atoms with van der Waals surface area (Å²) in [5.41, 5.74) is 3.22. The van der Waals surface area contributed by atoms with Crippen LogP contribution in [0.5, 0.6) is 5.75 Å². The summed E-state index contributed by atoms with van der Waals surface area (Å²) in [4.78, 5) is 58.0. The number of benzene rings is 3. The van der Waals surface area contributed by atoms with Crippen LogP contribution in [0.25, 0.3) is 10.9 Å². The number of aromatic amines is 1. The number of hydrogen-bond acceptors (Lipinski definition) is 6. The molecule has 3 aromatic carbocycles. The number of carbonyl (C=O) groups excluding carboxylic acids is 4. The molecule has 0 aliphatic carbocycles. The smallest absolute Gasteiger partial charge is 0.308 e. The average molecular weight is 535 g/mol. The van der Waals surface area contributed by atoms with Crippen LogP contribution in [0.3, 0.4) is 0 Å². The summed E-state index contributed by atoms with van der Waals surface area (Å²) < 4.78 is 5.12. The quantitative estimate of drug-likeness (QED) is 0.209. The van der Waals surface area contributed by atoms with Crippen LogP contribution in [0, 0.1) is 18.8 Å². The van der Waals surface area contributed by atoms with E-state index in [0.717, 1.165) is 22.0 Å². The van der Waals surface area contributed by atoms with Gasteiger partial charge in [-0.1, -0.05) is 35.9 Å². The van der Waals surface area contributed by atoms with Crippen LogP contribution in [0.1, 0.15) is 23.6 Å². The molecule has 3 amide bonds. The molecule has 1 spiro atoms. The van der Waals surface area contributed by atoms with Gasteiger partial charge in [0.05, 0.1) is 17.5 Å². The molecule has 200 valence electrons. The number of amides is 3. The minimum atomic E-state index is -1.39. The average Bonchev–Trinajstić information content (AvgIpc) is 3.64. The number of carbonyl (C=O) groups is 4. The van der Waals surface area contributed by atoms with Gasteiger partial charge in [0.1, 0.15) is 11.3 Å². The van der Waals surface area contributed by atoms with E-state index in [-0.39, 0.29) is 11.8 Å². The zero-order valence-electron chi connectivity index (χ0n) is 21.9. The summed E-state index contributed by atoms with van der Waals surface area (Å²) in [5.74, 6) is -3.00. The van der Waals surface area contributed by atoms with E-state index in [4.69, 9.17) is 4.74 Å². The normalized spacial score (nSPS) is 25.0. The number of ether oxygens (including phenoxy) is 1. The molecule has 0 radical (unpaired) electrons. The molecule has 0 saturated carbocycles. The lowest BCUT2D eigenvalue weighted by atomic mass is 9.76. The third kappa shape index (κ3) is 3.37. The summed E-state index contributed by atoms with van der Waals surface area (Å²) in [6.07, 6.45) is 2.37. The number of anilines is 2. The molecule has 2 saturated heterocycles. The van der Waals surface area contributed by atoms with Gasteiger partial charge in [-0.15, -0.1) is 0 Å². The Balaban J connectivity index is 1.34. The van der Waals surface area contributed by atoms with Crippen molar-refractivity contribution in [3.63, 3.8) is 0 Å². The molecule has 4 aromatic rings. The highest BCUT2D eigenvalue weighted by atomic mass is 16.5. The fourth-order valence-corrected chi connectivity index (χ4v) is 6.71. The van der Waals surface area contributed by atoms with E-state index in [1.54, 1.807) is 24.3 Å². The zero-order valence-corrected chi connectivity index (χ0v) is 21.9. The predicted molar refractivity (Wildman–Crippen MR) is 148 cm³/mol. The molecular formula is C31H26N4O5. The van der Waals surface area contributed by atoms with Crippen molar-refractivity contribution in [2.45, 2.75) is 31.8 Å². The van der Waals surface area contributed by atoms with E-state index in [1.165, 1.54) is 11.8 Å². The Kier molecular flexibility index (Phi) is 5.24. The second kappa shape index (κ2) is 8.62. The molecule has 3 aliphatic rings. The number of H-pyrrole nitrogens is 1. The summed E-state index contributed by atoms with van der Waals surface area (Å²) in [6, 6.07) is 19.3. The Hall–Kier alpha value is -4.76. The third-order valence-corrected chi connectivity index (χ3v) is 8.34. The molecule has 9 heteroatoms. The van der Waals surface area contributed by atoms with E-state index in [1.807, 2.05) is 55.6 Å². The lowest BCUT2D eigenvalue weighted by Gasteiger charge is -2.29. The van der Waals surface area contributed by atoms with Gasteiger partial charge in [-0.05, 0) is 55.3 Å². The Morgan fingerprint density at radius 2 is 1.77 bits per heavy atom. The molecule has 7 rings (SSSR count). The van der Waals surface area contributed by atoms with Crippen LogP contribution in [0.2, 0.25) is 0 Å². The van der Waals surface area contributed by atoms with Crippen molar-refractivity contribution < 1.29 is 23.9 Å². The number of nitrogens with one attached hydrogen (secondary N) is 3. The number of esters is 1. The number of imide groups is 1. The van der Waals surface area contributed by atoms with E-state index in [9.17, 15) is 19.2 Å². The Morgan fingerprint density at radius 1 is 1.00 bits per heavy atom. The summed E-state index contributed by atoms with van der Waals surface area (Å²) >= 11 is 0. The first-order valence-corrected chi connectivity index (χ1v) is 13.2. The minimum absolute atomic E-state index is 0.311. The number of nitrogens with zero attached hydrogens (tertiary/aromatic N) is 1. The maximum absolute atomic E-state index is 14.2. The maximum Gasteiger partial charge on any atom is 0.308 e. The van der Waals surface area contributed by atoms with Gasteiger partial charge in [0.2, 0.25) is 17.7 Å². The van der Waals surface area contributed by atoms with Crippen molar-refractivity contribution in [1.29, 1.82) is 0 Å². The number of hydrogen-bond donors (Lipinski definition) is 3. The minimum Gasteiger partial charge on any atom is -0.427 e. The second-order valence-corrected chi connectivity index (χ2v) is 10.7. The van der Waals surface area contributed by atoms with E-state index < -0.39 is 35.3 Å². The first kappa shape index (κ1) is 24.3. The number of fused-ring (bicyclic) bond motifs is 5. The largest absolute Gasteiger partial charge is 0.427 e. The zero-order chi connectivity index (χ0) is 27.8. The Labute approximate surface area is 229 Å². The van der Waals surface area contributed by atoms with Gasteiger partial charge >= 0.3 is 5.97 Å². The molecule has 2 fully saturated rings. The van der Waals surface area contributed by atoms with Gasteiger partial charge in [0, 0.05) is 41.3 Å². The first-order valence-electron chi connectivity index (χ1n) is 13.2. The Morgan fingerprint density at radius 3 is 2.55 bits per heavy atom. The first-order chi connectivity index (χ1) is 19.3. The van der Waals surface area contributed by atoms with Crippen molar-refractivity contribution in [3.05, 3.63) is 89.6 Å². The number of rotatable bonds is 4. The highest BCUT2D eigenvalue weighted by molar-refractivity contribution is 6.25. The van der Waals surface area contributed by atoms with Crippen LogP contribution in [-0.4, -0.2) is 34.7 Å². The highest BCUT2D eigenvalue weighted by Crippen LogP contribution is 2.54. The molecule has 0 bridgehead atoms. The van der Waals surface area contributed by atoms with E-state index in [2.05, 4.69) is 15.6 Å². The van der Waals surface area contributed by atoms with Crippen molar-refractivity contribution >= 4 is 46.0 Å². The van der Waals surface area contributed by atoms with Crippen LogP contribution < -0.4 is 20.3 Å². The van der Waals surface area contributed by atoms with Gasteiger partial charge in [-0.2, -0.15) is 0 Å². The number of aromatic nitrogens is 1.